The SMILES string of the molecule is CNCc1ccccc1NS(=O)(=O)C(C)(C)C. The van der Waals surface area contributed by atoms with Gasteiger partial charge in [0.05, 0.1) is 10.4 Å². The van der Waals surface area contributed by atoms with E-state index in [1.807, 2.05) is 25.2 Å². The van der Waals surface area contributed by atoms with Crippen LogP contribution in [-0.2, 0) is 16.6 Å². The van der Waals surface area contributed by atoms with Gasteiger partial charge in [-0.15, -0.1) is 0 Å². The highest BCUT2D eigenvalue weighted by Gasteiger charge is 2.29. The summed E-state index contributed by atoms with van der Waals surface area (Å²) < 4.78 is 25.9. The molecule has 4 nitrogen and oxygen atoms in total. The van der Waals surface area contributed by atoms with Crippen molar-refractivity contribution in [2.75, 3.05) is 11.8 Å². The molecule has 0 saturated carbocycles. The van der Waals surface area contributed by atoms with Crippen molar-refractivity contribution >= 4 is 15.7 Å². The fourth-order valence-corrected chi connectivity index (χ4v) is 2.06. The van der Waals surface area contributed by atoms with Crippen LogP contribution in [0.15, 0.2) is 24.3 Å². The second-order valence-corrected chi connectivity index (χ2v) is 7.34. The first-order valence-electron chi connectivity index (χ1n) is 5.53. The van der Waals surface area contributed by atoms with Crippen LogP contribution in [0.3, 0.4) is 0 Å². The largest absolute Gasteiger partial charge is 0.316 e. The summed E-state index contributed by atoms with van der Waals surface area (Å²) in [5.74, 6) is 0. The van der Waals surface area contributed by atoms with Gasteiger partial charge in [-0.1, -0.05) is 18.2 Å². The third-order valence-electron chi connectivity index (χ3n) is 2.44. The van der Waals surface area contributed by atoms with E-state index in [-0.39, 0.29) is 0 Å². The average Bonchev–Trinajstić information content (AvgIpc) is 2.19. The topological polar surface area (TPSA) is 58.2 Å². The van der Waals surface area contributed by atoms with Gasteiger partial charge in [-0.3, -0.25) is 4.72 Å². The minimum atomic E-state index is -3.37. The number of anilines is 1. The van der Waals surface area contributed by atoms with Gasteiger partial charge in [0.25, 0.3) is 0 Å². The molecule has 0 atom stereocenters. The first-order valence-corrected chi connectivity index (χ1v) is 7.01. The van der Waals surface area contributed by atoms with E-state index in [0.29, 0.717) is 12.2 Å². The lowest BCUT2D eigenvalue weighted by molar-refractivity contribution is 0.566. The molecule has 0 aliphatic rings. The monoisotopic (exact) mass is 256 g/mol. The third-order valence-corrected chi connectivity index (χ3v) is 4.54. The van der Waals surface area contributed by atoms with Crippen LogP contribution in [0.25, 0.3) is 0 Å². The Morgan fingerprint density at radius 3 is 2.29 bits per heavy atom. The van der Waals surface area contributed by atoms with E-state index in [1.54, 1.807) is 26.8 Å². The molecule has 0 bridgehead atoms. The van der Waals surface area contributed by atoms with Crippen LogP contribution < -0.4 is 10.0 Å². The summed E-state index contributed by atoms with van der Waals surface area (Å²) in [7, 11) is -1.54. The number of para-hydroxylation sites is 1. The first kappa shape index (κ1) is 14.0. The Kier molecular flexibility index (Phi) is 4.16. The molecular weight excluding hydrogens is 236 g/mol. The molecule has 1 aromatic rings. The molecular formula is C12H20N2O2S. The van der Waals surface area contributed by atoms with Crippen molar-refractivity contribution in [1.29, 1.82) is 0 Å². The predicted molar refractivity (Wildman–Crippen MR) is 71.5 cm³/mol. The minimum Gasteiger partial charge on any atom is -0.316 e. The molecule has 0 fully saturated rings. The number of rotatable bonds is 4. The van der Waals surface area contributed by atoms with Crippen LogP contribution >= 0.6 is 0 Å². The van der Waals surface area contributed by atoms with Gasteiger partial charge < -0.3 is 5.32 Å². The zero-order valence-corrected chi connectivity index (χ0v) is 11.6. The summed E-state index contributed by atoms with van der Waals surface area (Å²) in [4.78, 5) is 0. The molecule has 0 aromatic heterocycles. The van der Waals surface area contributed by atoms with Crippen LogP contribution in [-0.4, -0.2) is 20.2 Å². The highest BCUT2D eigenvalue weighted by atomic mass is 32.2. The van der Waals surface area contributed by atoms with Gasteiger partial charge in [0.2, 0.25) is 10.0 Å². The summed E-state index contributed by atoms with van der Waals surface area (Å²) >= 11 is 0. The van der Waals surface area contributed by atoms with E-state index < -0.39 is 14.8 Å². The Labute approximate surface area is 103 Å². The highest BCUT2D eigenvalue weighted by Crippen LogP contribution is 2.22. The summed E-state index contributed by atoms with van der Waals surface area (Å²) in [6, 6.07) is 7.38. The van der Waals surface area contributed by atoms with Crippen molar-refractivity contribution < 1.29 is 8.42 Å². The molecule has 0 amide bonds. The van der Waals surface area contributed by atoms with Crippen molar-refractivity contribution in [1.82, 2.24) is 5.32 Å². The van der Waals surface area contributed by atoms with Gasteiger partial charge in [0, 0.05) is 6.54 Å². The molecule has 5 heteroatoms. The second-order valence-electron chi connectivity index (χ2n) is 4.91. The molecule has 96 valence electrons. The van der Waals surface area contributed by atoms with Crippen molar-refractivity contribution in [2.24, 2.45) is 0 Å². The quantitative estimate of drug-likeness (QED) is 0.865. The Morgan fingerprint density at radius 2 is 1.76 bits per heavy atom. The molecule has 0 radical (unpaired) electrons. The van der Waals surface area contributed by atoms with E-state index >= 15 is 0 Å². The number of nitrogens with one attached hydrogen (secondary N) is 2. The van der Waals surface area contributed by atoms with Crippen LogP contribution in [0.5, 0.6) is 0 Å². The van der Waals surface area contributed by atoms with E-state index in [0.717, 1.165) is 5.56 Å². The normalized spacial score (nSPS) is 12.5. The number of sulfonamides is 1. The van der Waals surface area contributed by atoms with Gasteiger partial charge in [-0.05, 0) is 39.4 Å². The molecule has 0 aliphatic heterocycles. The summed E-state index contributed by atoms with van der Waals surface area (Å²) in [5, 5.41) is 3.01. The predicted octanol–water partition coefficient (Wildman–Crippen LogP) is 1.95. The van der Waals surface area contributed by atoms with Crippen LogP contribution in [0.2, 0.25) is 0 Å². The lowest BCUT2D eigenvalue weighted by Gasteiger charge is -2.21. The van der Waals surface area contributed by atoms with Crippen LogP contribution in [0.1, 0.15) is 26.3 Å². The van der Waals surface area contributed by atoms with Crippen molar-refractivity contribution in [3.05, 3.63) is 29.8 Å². The van der Waals surface area contributed by atoms with Crippen molar-refractivity contribution in [3.8, 4) is 0 Å². The van der Waals surface area contributed by atoms with Crippen LogP contribution in [0, 0.1) is 0 Å². The molecule has 1 aromatic carbocycles. The zero-order valence-electron chi connectivity index (χ0n) is 10.7. The Hall–Kier alpha value is -1.07. The molecule has 0 spiro atoms. The van der Waals surface area contributed by atoms with Gasteiger partial charge >= 0.3 is 0 Å². The fraction of sp³-hybridized carbons (Fsp3) is 0.500. The van der Waals surface area contributed by atoms with Crippen molar-refractivity contribution in [2.45, 2.75) is 32.1 Å². The maximum atomic E-state index is 12.0. The lowest BCUT2D eigenvalue weighted by Crippen LogP contribution is -2.34. The Morgan fingerprint density at radius 1 is 1.18 bits per heavy atom. The number of benzene rings is 1. The Balaban J connectivity index is 3.04. The molecule has 1 rings (SSSR count). The summed E-state index contributed by atoms with van der Waals surface area (Å²) in [6.45, 7) is 5.66. The summed E-state index contributed by atoms with van der Waals surface area (Å²) in [6.07, 6.45) is 0. The standard InChI is InChI=1S/C12H20N2O2S/c1-12(2,3)17(15,16)14-11-8-6-5-7-10(11)9-13-4/h5-8,13-14H,9H2,1-4H3. The van der Waals surface area contributed by atoms with Gasteiger partial charge in [0.1, 0.15) is 0 Å². The van der Waals surface area contributed by atoms with Crippen molar-refractivity contribution in [3.63, 3.8) is 0 Å². The average molecular weight is 256 g/mol. The summed E-state index contributed by atoms with van der Waals surface area (Å²) in [5.41, 5.74) is 1.57. The van der Waals surface area contributed by atoms with Gasteiger partial charge in [-0.2, -0.15) is 0 Å². The number of hydrogen-bond donors (Lipinski definition) is 2. The third kappa shape index (κ3) is 3.44. The first-order chi connectivity index (χ1) is 7.78. The molecule has 0 heterocycles. The molecule has 0 aliphatic carbocycles. The smallest absolute Gasteiger partial charge is 0.237 e. The van der Waals surface area contributed by atoms with Gasteiger partial charge in [-0.25, -0.2) is 8.42 Å². The Bertz CT molecular complexity index is 476. The molecule has 0 unspecified atom stereocenters. The van der Waals surface area contributed by atoms with E-state index in [4.69, 9.17) is 0 Å². The van der Waals surface area contributed by atoms with Gasteiger partial charge in [0.15, 0.2) is 0 Å². The lowest BCUT2D eigenvalue weighted by atomic mass is 10.2. The minimum absolute atomic E-state index is 0.628. The van der Waals surface area contributed by atoms with Crippen LogP contribution in [0.4, 0.5) is 5.69 Å². The second kappa shape index (κ2) is 5.06. The van der Waals surface area contributed by atoms with E-state index in [2.05, 4.69) is 10.0 Å². The van der Waals surface area contributed by atoms with E-state index in [9.17, 15) is 8.42 Å². The van der Waals surface area contributed by atoms with E-state index in [1.165, 1.54) is 0 Å². The molecule has 17 heavy (non-hydrogen) atoms. The fourth-order valence-electron chi connectivity index (χ4n) is 1.26. The highest BCUT2D eigenvalue weighted by molar-refractivity contribution is 7.94. The maximum absolute atomic E-state index is 12.0. The zero-order chi connectivity index (χ0) is 13.1. The molecule has 2 N–H and O–H groups in total. The number of hydrogen-bond acceptors (Lipinski definition) is 3. The maximum Gasteiger partial charge on any atom is 0.237 e. The molecule has 0 saturated heterocycles.